The number of hydrogen-bond donors (Lipinski definition) is 1. The van der Waals surface area contributed by atoms with Gasteiger partial charge in [0, 0.05) is 12.3 Å². The van der Waals surface area contributed by atoms with Gasteiger partial charge in [0.1, 0.15) is 11.6 Å². The quantitative estimate of drug-likeness (QED) is 0.875. The SMILES string of the molecule is Cc1ccc(N=Cc2c(C)c(C#N)c(=O)n(C(C)C)c2O)cc1C. The molecule has 0 aliphatic carbocycles. The predicted molar refractivity (Wildman–Crippen MR) is 95.4 cm³/mol. The Bertz CT molecular complexity index is 916. The molecule has 0 aliphatic rings. The highest BCUT2D eigenvalue weighted by Gasteiger charge is 2.19. The summed E-state index contributed by atoms with van der Waals surface area (Å²) in [5.74, 6) is -0.168. The van der Waals surface area contributed by atoms with Crippen molar-refractivity contribution in [1.82, 2.24) is 4.57 Å². The zero-order valence-electron chi connectivity index (χ0n) is 14.6. The van der Waals surface area contributed by atoms with Gasteiger partial charge >= 0.3 is 0 Å². The van der Waals surface area contributed by atoms with Gasteiger partial charge in [0.05, 0.1) is 11.3 Å². The summed E-state index contributed by atoms with van der Waals surface area (Å²) >= 11 is 0. The van der Waals surface area contributed by atoms with Crippen LogP contribution < -0.4 is 5.56 Å². The van der Waals surface area contributed by atoms with E-state index in [0.29, 0.717) is 11.1 Å². The number of rotatable bonds is 3. The van der Waals surface area contributed by atoms with Crippen LogP contribution >= 0.6 is 0 Å². The van der Waals surface area contributed by atoms with Crippen LogP contribution in [0.15, 0.2) is 28.0 Å². The van der Waals surface area contributed by atoms with Crippen molar-refractivity contribution >= 4 is 11.9 Å². The van der Waals surface area contributed by atoms with Gasteiger partial charge in [0.25, 0.3) is 5.56 Å². The Kier molecular flexibility index (Phi) is 4.89. The maximum Gasteiger partial charge on any atom is 0.271 e. The molecule has 0 radical (unpaired) electrons. The Hall–Kier alpha value is -2.87. The molecular weight excluding hydrogens is 302 g/mol. The first kappa shape index (κ1) is 17.5. The third kappa shape index (κ3) is 3.09. The summed E-state index contributed by atoms with van der Waals surface area (Å²) in [6.07, 6.45) is 1.51. The number of aliphatic imine (C=N–C) groups is 1. The lowest BCUT2D eigenvalue weighted by Crippen LogP contribution is -2.26. The molecule has 5 nitrogen and oxygen atoms in total. The number of benzene rings is 1. The molecule has 5 heteroatoms. The zero-order valence-corrected chi connectivity index (χ0v) is 14.6. The molecule has 0 saturated carbocycles. The Morgan fingerprint density at radius 2 is 1.92 bits per heavy atom. The highest BCUT2D eigenvalue weighted by Crippen LogP contribution is 2.24. The molecule has 2 aromatic rings. The van der Waals surface area contributed by atoms with E-state index in [1.54, 1.807) is 20.8 Å². The monoisotopic (exact) mass is 323 g/mol. The molecular formula is C19H21N3O2. The standard InChI is InChI=1S/C19H21N3O2/c1-11(2)22-18(23)16(9-20)14(5)17(19(22)24)10-21-15-7-6-12(3)13(4)8-15/h6-8,10-11,24H,1-5H3. The Morgan fingerprint density at radius 1 is 1.25 bits per heavy atom. The summed E-state index contributed by atoms with van der Waals surface area (Å²) in [7, 11) is 0. The number of aromatic nitrogens is 1. The summed E-state index contributed by atoms with van der Waals surface area (Å²) in [5, 5.41) is 19.8. The molecule has 0 spiro atoms. The second-order valence-electron chi connectivity index (χ2n) is 6.14. The Balaban J connectivity index is 2.64. The molecule has 0 amide bonds. The lowest BCUT2D eigenvalue weighted by Gasteiger charge is -2.16. The summed E-state index contributed by atoms with van der Waals surface area (Å²) in [5.41, 5.74) is 3.41. The number of aryl methyl sites for hydroxylation is 2. The highest BCUT2D eigenvalue weighted by molar-refractivity contribution is 5.87. The fourth-order valence-electron chi connectivity index (χ4n) is 2.52. The summed E-state index contributed by atoms with van der Waals surface area (Å²) < 4.78 is 1.22. The molecule has 0 bridgehead atoms. The van der Waals surface area contributed by atoms with E-state index in [1.165, 1.54) is 16.3 Å². The summed E-state index contributed by atoms with van der Waals surface area (Å²) in [6, 6.07) is 7.48. The van der Waals surface area contributed by atoms with Crippen LogP contribution in [0.4, 0.5) is 5.69 Å². The predicted octanol–water partition coefficient (Wildman–Crippen LogP) is 3.68. The van der Waals surface area contributed by atoms with Crippen LogP contribution in [-0.2, 0) is 0 Å². The highest BCUT2D eigenvalue weighted by atomic mass is 16.3. The maximum absolute atomic E-state index is 12.3. The summed E-state index contributed by atoms with van der Waals surface area (Å²) in [6.45, 7) is 9.23. The van der Waals surface area contributed by atoms with Crippen molar-refractivity contribution in [2.24, 2.45) is 4.99 Å². The van der Waals surface area contributed by atoms with Crippen LogP contribution in [-0.4, -0.2) is 15.9 Å². The fourth-order valence-corrected chi connectivity index (χ4v) is 2.52. The van der Waals surface area contributed by atoms with Gasteiger partial charge in [-0.1, -0.05) is 6.07 Å². The van der Waals surface area contributed by atoms with Crippen molar-refractivity contribution in [3.63, 3.8) is 0 Å². The molecule has 1 aromatic heterocycles. The normalized spacial score (nSPS) is 11.2. The number of nitrogens with zero attached hydrogens (tertiary/aromatic N) is 3. The molecule has 1 N–H and O–H groups in total. The minimum absolute atomic E-state index is 0.0306. The van der Waals surface area contributed by atoms with E-state index >= 15 is 0 Å². The van der Waals surface area contributed by atoms with Gasteiger partial charge in [-0.25, -0.2) is 0 Å². The van der Waals surface area contributed by atoms with E-state index in [4.69, 9.17) is 0 Å². The van der Waals surface area contributed by atoms with Gasteiger partial charge in [-0.2, -0.15) is 5.26 Å². The Morgan fingerprint density at radius 3 is 2.46 bits per heavy atom. The molecule has 0 unspecified atom stereocenters. The van der Waals surface area contributed by atoms with Gasteiger partial charge in [-0.05, 0) is 63.4 Å². The van der Waals surface area contributed by atoms with E-state index in [2.05, 4.69) is 4.99 Å². The van der Waals surface area contributed by atoms with Crippen LogP contribution in [0.25, 0.3) is 0 Å². The second-order valence-corrected chi connectivity index (χ2v) is 6.14. The van der Waals surface area contributed by atoms with Crippen LogP contribution in [0.5, 0.6) is 5.88 Å². The van der Waals surface area contributed by atoms with E-state index in [1.807, 2.05) is 38.1 Å². The van der Waals surface area contributed by atoms with Gasteiger partial charge in [-0.15, -0.1) is 0 Å². The molecule has 0 fully saturated rings. The lowest BCUT2D eigenvalue weighted by molar-refractivity contribution is 0.386. The summed E-state index contributed by atoms with van der Waals surface area (Å²) in [4.78, 5) is 16.7. The third-order valence-electron chi connectivity index (χ3n) is 4.14. The zero-order chi connectivity index (χ0) is 18.0. The number of pyridine rings is 1. The third-order valence-corrected chi connectivity index (χ3v) is 4.14. The minimum Gasteiger partial charge on any atom is -0.494 e. The van der Waals surface area contributed by atoms with Gasteiger partial charge in [-0.3, -0.25) is 14.4 Å². The molecule has 1 heterocycles. The average molecular weight is 323 g/mol. The van der Waals surface area contributed by atoms with Crippen molar-refractivity contribution in [1.29, 1.82) is 5.26 Å². The van der Waals surface area contributed by atoms with Gasteiger partial charge in [0.15, 0.2) is 0 Å². The maximum atomic E-state index is 12.3. The first-order valence-electron chi connectivity index (χ1n) is 7.77. The molecule has 24 heavy (non-hydrogen) atoms. The first-order chi connectivity index (χ1) is 11.3. The van der Waals surface area contributed by atoms with E-state index < -0.39 is 5.56 Å². The van der Waals surface area contributed by atoms with Gasteiger partial charge < -0.3 is 5.11 Å². The van der Waals surface area contributed by atoms with E-state index in [0.717, 1.165) is 11.3 Å². The number of hydrogen-bond acceptors (Lipinski definition) is 4. The number of nitriles is 1. The van der Waals surface area contributed by atoms with Crippen molar-refractivity contribution in [2.45, 2.75) is 40.7 Å². The lowest BCUT2D eigenvalue weighted by atomic mass is 10.1. The average Bonchev–Trinajstić information content (AvgIpc) is 2.50. The molecule has 124 valence electrons. The van der Waals surface area contributed by atoms with Gasteiger partial charge in [0.2, 0.25) is 5.88 Å². The first-order valence-corrected chi connectivity index (χ1v) is 7.77. The van der Waals surface area contributed by atoms with Crippen LogP contribution in [0.1, 0.15) is 47.7 Å². The van der Waals surface area contributed by atoms with Crippen molar-refractivity contribution in [3.8, 4) is 11.9 Å². The van der Waals surface area contributed by atoms with Crippen LogP contribution in [0, 0.1) is 32.1 Å². The van der Waals surface area contributed by atoms with Crippen LogP contribution in [0.3, 0.4) is 0 Å². The molecule has 0 aliphatic heterocycles. The van der Waals surface area contributed by atoms with Crippen LogP contribution in [0.2, 0.25) is 0 Å². The van der Waals surface area contributed by atoms with E-state index in [-0.39, 0.29) is 17.5 Å². The molecule has 0 atom stereocenters. The molecule has 2 rings (SSSR count). The Labute approximate surface area is 141 Å². The minimum atomic E-state index is -0.481. The van der Waals surface area contributed by atoms with Crippen molar-refractivity contribution < 1.29 is 5.11 Å². The van der Waals surface area contributed by atoms with Crippen molar-refractivity contribution in [3.05, 3.63) is 56.4 Å². The topological polar surface area (TPSA) is 78.4 Å². The molecule has 0 saturated heterocycles. The fraction of sp³-hybridized carbons (Fsp3) is 0.316. The van der Waals surface area contributed by atoms with E-state index in [9.17, 15) is 15.2 Å². The molecule has 1 aromatic carbocycles. The second kappa shape index (κ2) is 6.71. The van der Waals surface area contributed by atoms with Crippen molar-refractivity contribution in [2.75, 3.05) is 0 Å². The largest absolute Gasteiger partial charge is 0.494 e. The number of aromatic hydroxyl groups is 1. The smallest absolute Gasteiger partial charge is 0.271 e.